The van der Waals surface area contributed by atoms with Crippen LogP contribution < -0.4 is 31.8 Å². The summed E-state index contributed by atoms with van der Waals surface area (Å²) in [7, 11) is 11.1. The third kappa shape index (κ3) is 8.76. The van der Waals surface area contributed by atoms with Crippen LogP contribution in [0.2, 0.25) is 6.82 Å². The molecule has 4 aromatic heterocycles. The predicted octanol–water partition coefficient (Wildman–Crippen LogP) is 1.32. The van der Waals surface area contributed by atoms with Gasteiger partial charge in [0.05, 0.1) is 17.1 Å². The van der Waals surface area contributed by atoms with Crippen molar-refractivity contribution in [1.82, 2.24) is 28.9 Å². The molecular weight excluding hydrogens is 606 g/mol. The molecule has 244 valence electrons. The van der Waals surface area contributed by atoms with E-state index in [0.29, 0.717) is 46.3 Å². The van der Waals surface area contributed by atoms with E-state index in [9.17, 15) is 29.0 Å². The van der Waals surface area contributed by atoms with Crippen LogP contribution in [0.4, 0.5) is 27.5 Å². The molecule has 2 radical (unpaired) electrons. The molecule has 0 atom stereocenters. The summed E-state index contributed by atoms with van der Waals surface area (Å²) in [5.74, 6) is -2.28. The zero-order valence-corrected chi connectivity index (χ0v) is 26.7. The van der Waals surface area contributed by atoms with Crippen LogP contribution in [-0.2, 0) is 28.2 Å². The van der Waals surface area contributed by atoms with Crippen LogP contribution in [0.25, 0.3) is 0 Å². The smallest absolute Gasteiger partial charge is 0.406 e. The molecule has 0 aliphatic carbocycles. The lowest BCUT2D eigenvalue weighted by Crippen LogP contribution is -2.31. The van der Waals surface area contributed by atoms with Crippen molar-refractivity contribution in [2.75, 3.05) is 34.3 Å². The van der Waals surface area contributed by atoms with Gasteiger partial charge >= 0.3 is 7.05 Å². The SMILES string of the molecule is [B]C(=O)Nc1cc(C(=O)Nc2cc(C(=O)NCCCNC(=O)c3cc(NC(=O)c4cc(NB(C)O)cn4C)cn3C)n(C)c2)n(C)c1. The molecule has 5 amide bonds. The van der Waals surface area contributed by atoms with Crippen molar-refractivity contribution in [3.63, 3.8) is 0 Å². The third-order valence-corrected chi connectivity index (χ3v) is 7.03. The van der Waals surface area contributed by atoms with Gasteiger partial charge in [-0.05, 0) is 37.5 Å². The van der Waals surface area contributed by atoms with Crippen LogP contribution >= 0.6 is 0 Å². The lowest BCUT2D eigenvalue weighted by Gasteiger charge is -2.08. The van der Waals surface area contributed by atoms with Gasteiger partial charge in [0, 0.05) is 71.8 Å². The number of hydrogen-bond donors (Lipinski definition) is 7. The van der Waals surface area contributed by atoms with Gasteiger partial charge in [-0.25, -0.2) is 0 Å². The lowest BCUT2D eigenvalue weighted by molar-refractivity contribution is 0.0940. The molecule has 4 heterocycles. The maximum atomic E-state index is 12.8. The minimum atomic E-state index is -0.774. The molecule has 18 heteroatoms. The Bertz CT molecular complexity index is 1820. The molecule has 47 heavy (non-hydrogen) atoms. The van der Waals surface area contributed by atoms with E-state index in [2.05, 4.69) is 31.8 Å². The van der Waals surface area contributed by atoms with Crippen LogP contribution in [0, 0.1) is 0 Å². The molecule has 0 saturated heterocycles. The highest BCUT2D eigenvalue weighted by molar-refractivity contribution is 6.60. The van der Waals surface area contributed by atoms with E-state index in [-0.39, 0.29) is 36.5 Å². The number of aryl methyl sites for hydroxylation is 4. The Morgan fingerprint density at radius 3 is 1.34 bits per heavy atom. The van der Waals surface area contributed by atoms with Crippen LogP contribution in [0.3, 0.4) is 0 Å². The molecule has 0 unspecified atom stereocenters. The molecule has 4 rings (SSSR count). The number of nitrogens with one attached hydrogen (secondary N) is 6. The van der Waals surface area contributed by atoms with E-state index in [1.54, 1.807) is 85.6 Å². The Morgan fingerprint density at radius 2 is 0.957 bits per heavy atom. The summed E-state index contributed by atoms with van der Waals surface area (Å²) in [6, 6.07) is 6.19. The summed E-state index contributed by atoms with van der Waals surface area (Å²) < 4.78 is 6.33. The second kappa shape index (κ2) is 14.6. The largest absolute Gasteiger partial charge is 0.433 e. The van der Waals surface area contributed by atoms with Gasteiger partial charge in [0.15, 0.2) is 5.81 Å². The maximum Gasteiger partial charge on any atom is 0.406 e. The Balaban J connectivity index is 1.23. The van der Waals surface area contributed by atoms with E-state index < -0.39 is 18.8 Å². The first-order chi connectivity index (χ1) is 22.2. The standard InChI is InChI=1S/C29H36B2N10O6/c1-31(47)37-20-12-24(41(5)16-20)28(45)35-18-10-22(39(3)14-18)26(43)33-8-6-7-32-25(42)21-9-17(13-38(21)2)34-27(44)23-11-19(15-40(23)4)36-29(30)46/h9-16,37,47H,6-8H2,1-5H3,(H,32,42)(H,33,43)(H,34,44)(H,35,45)(H,36,46). The first kappa shape index (κ1) is 34.2. The Morgan fingerprint density at radius 1 is 0.617 bits per heavy atom. The van der Waals surface area contributed by atoms with E-state index in [4.69, 9.17) is 7.85 Å². The number of hydrogen-bond acceptors (Lipinski definition) is 7. The normalized spacial score (nSPS) is 10.7. The van der Waals surface area contributed by atoms with Crippen molar-refractivity contribution >= 4 is 67.1 Å². The second-order valence-corrected chi connectivity index (χ2v) is 11.0. The summed E-state index contributed by atoms with van der Waals surface area (Å²) >= 11 is 0. The Hall–Kier alpha value is -5.64. The summed E-state index contributed by atoms with van der Waals surface area (Å²) in [6.45, 7) is 2.14. The number of nitrogens with zero attached hydrogens (tertiary/aromatic N) is 4. The fourth-order valence-corrected chi connectivity index (χ4v) is 4.89. The highest BCUT2D eigenvalue weighted by Crippen LogP contribution is 2.19. The molecule has 16 nitrogen and oxygen atoms in total. The molecule has 0 aliphatic heterocycles. The number of carbonyl (C=O) groups excluding carboxylic acids is 5. The predicted molar refractivity (Wildman–Crippen MR) is 179 cm³/mol. The van der Waals surface area contributed by atoms with E-state index in [1.165, 1.54) is 16.7 Å². The van der Waals surface area contributed by atoms with Crippen LogP contribution in [-0.4, -0.2) is 80.7 Å². The lowest BCUT2D eigenvalue weighted by atomic mass is 9.89. The molecule has 7 N–H and O–H groups in total. The number of rotatable bonds is 13. The fraction of sp³-hybridized carbons (Fsp3) is 0.276. The van der Waals surface area contributed by atoms with Crippen LogP contribution in [0.15, 0.2) is 49.1 Å². The van der Waals surface area contributed by atoms with Gasteiger partial charge in [0.1, 0.15) is 22.8 Å². The number of carbonyl (C=O) groups is 5. The third-order valence-electron chi connectivity index (χ3n) is 7.03. The molecule has 0 bridgehead atoms. The molecular formula is C29H36B2N10O6. The molecule has 0 aliphatic rings. The molecule has 4 aromatic rings. The van der Waals surface area contributed by atoms with E-state index in [0.717, 1.165) is 0 Å². The zero-order valence-electron chi connectivity index (χ0n) is 26.7. The van der Waals surface area contributed by atoms with Crippen LogP contribution in [0.1, 0.15) is 48.4 Å². The summed E-state index contributed by atoms with van der Waals surface area (Å²) in [6.07, 6.45) is 6.90. The van der Waals surface area contributed by atoms with Crippen molar-refractivity contribution in [2.45, 2.75) is 13.2 Å². The van der Waals surface area contributed by atoms with Crippen LogP contribution in [0.5, 0.6) is 0 Å². The highest BCUT2D eigenvalue weighted by atomic mass is 16.2. The van der Waals surface area contributed by atoms with Gasteiger partial charge in [-0.15, -0.1) is 0 Å². The molecule has 0 fully saturated rings. The van der Waals surface area contributed by atoms with Crippen molar-refractivity contribution in [1.29, 1.82) is 0 Å². The summed E-state index contributed by atoms with van der Waals surface area (Å²) in [5, 5.41) is 25.9. The van der Waals surface area contributed by atoms with Crippen molar-refractivity contribution in [2.24, 2.45) is 28.2 Å². The monoisotopic (exact) mass is 642 g/mol. The summed E-state index contributed by atoms with van der Waals surface area (Å²) in [4.78, 5) is 62.2. The van der Waals surface area contributed by atoms with Gasteiger partial charge in [-0.3, -0.25) is 24.0 Å². The number of anilines is 4. The topological polar surface area (TPSA) is 197 Å². The average Bonchev–Trinajstić information content (AvgIpc) is 3.73. The van der Waals surface area contributed by atoms with Gasteiger partial charge < -0.3 is 55.1 Å². The average molecular weight is 642 g/mol. The molecule has 0 spiro atoms. The Kier molecular flexibility index (Phi) is 10.7. The van der Waals surface area contributed by atoms with Crippen molar-refractivity contribution < 1.29 is 29.0 Å². The van der Waals surface area contributed by atoms with Gasteiger partial charge in [0.25, 0.3) is 23.6 Å². The highest BCUT2D eigenvalue weighted by Gasteiger charge is 2.18. The van der Waals surface area contributed by atoms with Crippen molar-refractivity contribution in [3.8, 4) is 0 Å². The van der Waals surface area contributed by atoms with E-state index >= 15 is 0 Å². The molecule has 0 saturated carbocycles. The van der Waals surface area contributed by atoms with E-state index in [1.807, 2.05) is 0 Å². The molecule has 0 aromatic carbocycles. The van der Waals surface area contributed by atoms with Gasteiger partial charge in [0.2, 0.25) is 7.85 Å². The number of aromatic nitrogens is 4. The Labute approximate surface area is 272 Å². The van der Waals surface area contributed by atoms with Gasteiger partial charge in [-0.1, -0.05) is 0 Å². The number of amides is 5. The zero-order chi connectivity index (χ0) is 34.4. The first-order valence-corrected chi connectivity index (χ1v) is 14.6. The maximum absolute atomic E-state index is 12.8. The quantitative estimate of drug-likeness (QED) is 0.0843. The first-order valence-electron chi connectivity index (χ1n) is 14.6. The van der Waals surface area contributed by atoms with Crippen molar-refractivity contribution in [3.05, 3.63) is 71.8 Å². The summed E-state index contributed by atoms with van der Waals surface area (Å²) in [5.41, 5.74) is 3.09. The minimum Gasteiger partial charge on any atom is -0.433 e. The minimum absolute atomic E-state index is 0.273. The fourth-order valence-electron chi connectivity index (χ4n) is 4.89. The van der Waals surface area contributed by atoms with Gasteiger partial charge in [-0.2, -0.15) is 0 Å². The second-order valence-electron chi connectivity index (χ2n) is 11.0.